The fourth-order valence-electron chi connectivity index (χ4n) is 3.27. The zero-order chi connectivity index (χ0) is 17.4. The Morgan fingerprint density at radius 2 is 2.12 bits per heavy atom. The average Bonchev–Trinajstić information content (AvgIpc) is 3.32. The van der Waals surface area contributed by atoms with Crippen molar-refractivity contribution in [3.05, 3.63) is 41.3 Å². The van der Waals surface area contributed by atoms with Crippen LogP contribution in [0.1, 0.15) is 43.5 Å². The van der Waals surface area contributed by atoms with Gasteiger partial charge in [-0.3, -0.25) is 4.79 Å². The highest BCUT2D eigenvalue weighted by atomic mass is 32.1. The van der Waals surface area contributed by atoms with Crippen LogP contribution in [0.3, 0.4) is 0 Å². The summed E-state index contributed by atoms with van der Waals surface area (Å²) in [6.07, 6.45) is 2.36. The Morgan fingerprint density at radius 3 is 2.84 bits per heavy atom. The lowest BCUT2D eigenvalue weighted by molar-refractivity contribution is 0.0946. The zero-order valence-corrected chi connectivity index (χ0v) is 15.0. The lowest BCUT2D eigenvalue weighted by Gasteiger charge is -2.38. The molecule has 1 N–H and O–H groups in total. The van der Waals surface area contributed by atoms with Gasteiger partial charge in [0.1, 0.15) is 0 Å². The van der Waals surface area contributed by atoms with Crippen molar-refractivity contribution >= 4 is 22.8 Å². The standard InChI is InChI=1S/C19H19N3O2S/c1-3-19(4-2)11-15(23)13-10-12(7-8-14(13)21-19)18-20-17(22-24-18)16-6-5-9-25-16/h5-10,21H,3-4,11H2,1-2H3. The number of rotatable bonds is 4. The van der Waals surface area contributed by atoms with Crippen LogP contribution < -0.4 is 5.32 Å². The molecule has 6 heteroatoms. The molecule has 3 aromatic rings. The van der Waals surface area contributed by atoms with Crippen molar-refractivity contribution in [2.75, 3.05) is 5.32 Å². The minimum absolute atomic E-state index is 0.136. The molecule has 0 atom stereocenters. The van der Waals surface area contributed by atoms with E-state index in [-0.39, 0.29) is 11.3 Å². The molecule has 128 valence electrons. The molecule has 5 nitrogen and oxygen atoms in total. The normalized spacial score (nSPS) is 15.7. The number of hydrogen-bond donors (Lipinski definition) is 1. The molecule has 0 spiro atoms. The third kappa shape index (κ3) is 2.76. The smallest absolute Gasteiger partial charge is 0.258 e. The Labute approximate surface area is 150 Å². The quantitative estimate of drug-likeness (QED) is 0.713. The van der Waals surface area contributed by atoms with Gasteiger partial charge in [0.05, 0.1) is 4.88 Å². The number of thiophene rings is 1. The van der Waals surface area contributed by atoms with E-state index < -0.39 is 0 Å². The van der Waals surface area contributed by atoms with Gasteiger partial charge in [-0.1, -0.05) is 25.1 Å². The summed E-state index contributed by atoms with van der Waals surface area (Å²) in [5.74, 6) is 1.17. The van der Waals surface area contributed by atoms with Crippen LogP contribution in [0, 0.1) is 0 Å². The van der Waals surface area contributed by atoms with Gasteiger partial charge in [-0.25, -0.2) is 0 Å². The van der Waals surface area contributed by atoms with Crippen LogP contribution in [-0.4, -0.2) is 21.5 Å². The predicted molar refractivity (Wildman–Crippen MR) is 98.9 cm³/mol. The Bertz CT molecular complexity index is 911. The van der Waals surface area contributed by atoms with Gasteiger partial charge in [0, 0.05) is 28.8 Å². The first kappa shape index (κ1) is 16.0. The fraction of sp³-hybridized carbons (Fsp3) is 0.316. The number of ketones is 1. The van der Waals surface area contributed by atoms with E-state index in [9.17, 15) is 4.79 Å². The van der Waals surface area contributed by atoms with Gasteiger partial charge in [0.25, 0.3) is 5.89 Å². The molecule has 1 aromatic carbocycles. The lowest BCUT2D eigenvalue weighted by Crippen LogP contribution is -2.43. The number of carbonyl (C=O) groups is 1. The van der Waals surface area contributed by atoms with Crippen molar-refractivity contribution in [3.63, 3.8) is 0 Å². The number of carbonyl (C=O) groups excluding carboxylic acids is 1. The number of anilines is 1. The Hall–Kier alpha value is -2.47. The Balaban J connectivity index is 1.69. The number of Topliss-reactive ketones (excluding diaryl/α,β-unsaturated/α-hetero) is 1. The molecule has 1 aliphatic rings. The molecule has 0 amide bonds. The molecule has 0 fully saturated rings. The fourth-order valence-corrected chi connectivity index (χ4v) is 3.92. The van der Waals surface area contributed by atoms with E-state index in [1.165, 1.54) is 0 Å². The molecule has 25 heavy (non-hydrogen) atoms. The van der Waals surface area contributed by atoms with E-state index in [2.05, 4.69) is 29.3 Å². The summed E-state index contributed by atoms with van der Waals surface area (Å²) in [7, 11) is 0. The second-order valence-electron chi connectivity index (χ2n) is 6.37. The van der Waals surface area contributed by atoms with Crippen LogP contribution in [0.4, 0.5) is 5.69 Å². The molecule has 0 saturated carbocycles. The van der Waals surface area contributed by atoms with Gasteiger partial charge in [-0.2, -0.15) is 4.98 Å². The second kappa shape index (κ2) is 6.11. The Kier molecular flexibility index (Phi) is 3.92. The number of nitrogens with zero attached hydrogens (tertiary/aromatic N) is 2. The maximum atomic E-state index is 12.7. The highest BCUT2D eigenvalue weighted by Gasteiger charge is 2.35. The molecule has 0 saturated heterocycles. The van der Waals surface area contributed by atoms with Crippen molar-refractivity contribution in [2.24, 2.45) is 0 Å². The summed E-state index contributed by atoms with van der Waals surface area (Å²) in [6.45, 7) is 4.24. The topological polar surface area (TPSA) is 68.0 Å². The van der Waals surface area contributed by atoms with Crippen molar-refractivity contribution in [3.8, 4) is 22.2 Å². The summed E-state index contributed by atoms with van der Waals surface area (Å²) in [5.41, 5.74) is 2.22. The van der Waals surface area contributed by atoms with Gasteiger partial charge in [0.2, 0.25) is 5.82 Å². The monoisotopic (exact) mass is 353 g/mol. The summed E-state index contributed by atoms with van der Waals surface area (Å²) in [5, 5.41) is 9.57. The van der Waals surface area contributed by atoms with Crippen LogP contribution in [-0.2, 0) is 0 Å². The van der Waals surface area contributed by atoms with Crippen LogP contribution in [0.2, 0.25) is 0 Å². The summed E-state index contributed by atoms with van der Waals surface area (Å²) in [4.78, 5) is 18.1. The SMILES string of the molecule is CCC1(CC)CC(=O)c2cc(-c3nc(-c4cccs4)no3)ccc2N1. The van der Waals surface area contributed by atoms with Crippen molar-refractivity contribution in [1.82, 2.24) is 10.1 Å². The summed E-state index contributed by atoms with van der Waals surface area (Å²) >= 11 is 1.56. The first-order valence-electron chi connectivity index (χ1n) is 8.47. The van der Waals surface area contributed by atoms with Crippen LogP contribution in [0.5, 0.6) is 0 Å². The minimum Gasteiger partial charge on any atom is -0.379 e. The molecule has 0 unspecified atom stereocenters. The van der Waals surface area contributed by atoms with E-state index in [0.717, 1.165) is 29.0 Å². The predicted octanol–water partition coefficient (Wildman–Crippen LogP) is 5.02. The van der Waals surface area contributed by atoms with Crippen molar-refractivity contribution in [2.45, 2.75) is 38.6 Å². The maximum absolute atomic E-state index is 12.7. The van der Waals surface area contributed by atoms with Gasteiger partial charge >= 0.3 is 0 Å². The summed E-state index contributed by atoms with van der Waals surface area (Å²) in [6, 6.07) is 9.62. The second-order valence-corrected chi connectivity index (χ2v) is 7.32. The molecule has 3 heterocycles. The molecule has 0 radical (unpaired) electrons. The number of fused-ring (bicyclic) bond motifs is 1. The molecule has 4 rings (SSSR count). The molecule has 0 bridgehead atoms. The average molecular weight is 353 g/mol. The molecule has 2 aromatic heterocycles. The largest absolute Gasteiger partial charge is 0.379 e. The first-order valence-corrected chi connectivity index (χ1v) is 9.35. The van der Waals surface area contributed by atoms with Gasteiger partial charge < -0.3 is 9.84 Å². The third-order valence-electron chi connectivity index (χ3n) is 4.99. The van der Waals surface area contributed by atoms with Crippen molar-refractivity contribution in [1.29, 1.82) is 0 Å². The highest BCUT2D eigenvalue weighted by Crippen LogP contribution is 2.37. The minimum atomic E-state index is -0.136. The van der Waals surface area contributed by atoms with Gasteiger partial charge in [-0.15, -0.1) is 11.3 Å². The highest BCUT2D eigenvalue weighted by molar-refractivity contribution is 7.13. The molecule has 1 aliphatic heterocycles. The number of benzene rings is 1. The van der Waals surface area contributed by atoms with E-state index in [4.69, 9.17) is 4.52 Å². The Morgan fingerprint density at radius 1 is 1.28 bits per heavy atom. The summed E-state index contributed by atoms with van der Waals surface area (Å²) < 4.78 is 5.40. The van der Waals surface area contributed by atoms with E-state index >= 15 is 0 Å². The zero-order valence-electron chi connectivity index (χ0n) is 14.2. The van der Waals surface area contributed by atoms with Crippen molar-refractivity contribution < 1.29 is 9.32 Å². The maximum Gasteiger partial charge on any atom is 0.258 e. The number of aromatic nitrogens is 2. The van der Waals surface area contributed by atoms with E-state index in [1.807, 2.05) is 35.7 Å². The van der Waals surface area contributed by atoms with Crippen LogP contribution >= 0.6 is 11.3 Å². The van der Waals surface area contributed by atoms with Crippen LogP contribution in [0.25, 0.3) is 22.2 Å². The van der Waals surface area contributed by atoms with Gasteiger partial charge in [0.15, 0.2) is 5.78 Å². The van der Waals surface area contributed by atoms with E-state index in [1.54, 1.807) is 11.3 Å². The van der Waals surface area contributed by atoms with Crippen LogP contribution in [0.15, 0.2) is 40.2 Å². The molecule has 0 aliphatic carbocycles. The first-order chi connectivity index (χ1) is 12.1. The molecular weight excluding hydrogens is 334 g/mol. The third-order valence-corrected chi connectivity index (χ3v) is 5.85. The molecular formula is C19H19N3O2S. The number of hydrogen-bond acceptors (Lipinski definition) is 6. The van der Waals surface area contributed by atoms with E-state index in [0.29, 0.717) is 23.7 Å². The van der Waals surface area contributed by atoms with Gasteiger partial charge in [-0.05, 0) is 42.5 Å². The number of nitrogens with one attached hydrogen (secondary N) is 1. The lowest BCUT2D eigenvalue weighted by atomic mass is 9.81.